The lowest BCUT2D eigenvalue weighted by Gasteiger charge is -1.92. The summed E-state index contributed by atoms with van der Waals surface area (Å²) in [6, 6.07) is 5.06. The third-order valence-electron chi connectivity index (χ3n) is 2.46. The van der Waals surface area contributed by atoms with Crippen LogP contribution in [0.25, 0.3) is 11.1 Å². The molecule has 16 heavy (non-hydrogen) atoms. The number of benzene rings is 1. The second-order valence-electron chi connectivity index (χ2n) is 3.76. The van der Waals surface area contributed by atoms with Crippen molar-refractivity contribution in [2.45, 2.75) is 26.2 Å². The molecule has 1 amide bonds. The zero-order valence-corrected chi connectivity index (χ0v) is 9.19. The van der Waals surface area contributed by atoms with Gasteiger partial charge in [0.2, 0.25) is 5.91 Å². The maximum absolute atomic E-state index is 11.0. The molecule has 0 saturated carbocycles. The molecule has 4 nitrogen and oxygen atoms in total. The lowest BCUT2D eigenvalue weighted by molar-refractivity contribution is 0.100. The van der Waals surface area contributed by atoms with E-state index in [2.05, 4.69) is 11.9 Å². The number of carbonyl (C=O) groups excluding carboxylic acids is 1. The van der Waals surface area contributed by atoms with Crippen LogP contribution in [0.5, 0.6) is 0 Å². The van der Waals surface area contributed by atoms with Crippen LogP contribution >= 0.6 is 0 Å². The Balaban J connectivity index is 2.34. The molecule has 1 aromatic heterocycles. The normalized spacial score (nSPS) is 10.8. The molecular weight excluding hydrogens is 204 g/mol. The summed E-state index contributed by atoms with van der Waals surface area (Å²) in [6.45, 7) is 2.12. The van der Waals surface area contributed by atoms with E-state index < -0.39 is 5.91 Å². The molecule has 2 rings (SSSR count). The molecule has 2 N–H and O–H groups in total. The Hall–Kier alpha value is -1.84. The number of unbranched alkanes of at least 4 members (excludes halogenated alkanes) is 1. The minimum Gasteiger partial charge on any atom is -0.441 e. The molecule has 0 bridgehead atoms. The smallest absolute Gasteiger partial charge is 0.248 e. The largest absolute Gasteiger partial charge is 0.441 e. The Morgan fingerprint density at radius 1 is 1.50 bits per heavy atom. The number of carbonyl (C=O) groups is 1. The van der Waals surface area contributed by atoms with Gasteiger partial charge in [0.25, 0.3) is 0 Å². The first kappa shape index (κ1) is 10.7. The second-order valence-corrected chi connectivity index (χ2v) is 3.76. The lowest BCUT2D eigenvalue weighted by Crippen LogP contribution is -2.10. The van der Waals surface area contributed by atoms with Crippen molar-refractivity contribution in [3.63, 3.8) is 0 Å². The van der Waals surface area contributed by atoms with Crippen LogP contribution in [0.15, 0.2) is 22.6 Å². The maximum Gasteiger partial charge on any atom is 0.248 e. The highest BCUT2D eigenvalue weighted by atomic mass is 16.3. The highest BCUT2D eigenvalue weighted by Crippen LogP contribution is 2.18. The Labute approximate surface area is 93.5 Å². The zero-order valence-electron chi connectivity index (χ0n) is 9.19. The average Bonchev–Trinajstić information content (AvgIpc) is 2.67. The van der Waals surface area contributed by atoms with E-state index in [1.807, 2.05) is 0 Å². The minimum absolute atomic E-state index is 0.450. The summed E-state index contributed by atoms with van der Waals surface area (Å²) in [4.78, 5) is 15.3. The van der Waals surface area contributed by atoms with Gasteiger partial charge in [0, 0.05) is 12.0 Å². The van der Waals surface area contributed by atoms with Crippen molar-refractivity contribution in [3.05, 3.63) is 29.7 Å². The average molecular weight is 218 g/mol. The van der Waals surface area contributed by atoms with Gasteiger partial charge in [0.15, 0.2) is 11.5 Å². The quantitative estimate of drug-likeness (QED) is 0.855. The number of rotatable bonds is 4. The standard InChI is InChI=1S/C12H14N2O2/c1-2-3-4-11-14-9-6-5-8(12(13)15)7-10(9)16-11/h5-7H,2-4H2,1H3,(H2,13,15). The van der Waals surface area contributed by atoms with Gasteiger partial charge in [-0.25, -0.2) is 4.98 Å². The number of primary amides is 1. The third-order valence-corrected chi connectivity index (χ3v) is 2.46. The van der Waals surface area contributed by atoms with Gasteiger partial charge >= 0.3 is 0 Å². The summed E-state index contributed by atoms with van der Waals surface area (Å²) < 4.78 is 5.54. The van der Waals surface area contributed by atoms with Crippen molar-refractivity contribution in [2.24, 2.45) is 5.73 Å². The van der Waals surface area contributed by atoms with E-state index in [0.29, 0.717) is 11.1 Å². The van der Waals surface area contributed by atoms with Crippen LogP contribution in [-0.2, 0) is 6.42 Å². The van der Waals surface area contributed by atoms with E-state index in [1.54, 1.807) is 18.2 Å². The lowest BCUT2D eigenvalue weighted by atomic mass is 10.2. The monoisotopic (exact) mass is 218 g/mol. The maximum atomic E-state index is 11.0. The van der Waals surface area contributed by atoms with Crippen LogP contribution in [-0.4, -0.2) is 10.9 Å². The molecule has 1 aromatic carbocycles. The molecule has 0 radical (unpaired) electrons. The van der Waals surface area contributed by atoms with Crippen molar-refractivity contribution in [2.75, 3.05) is 0 Å². The number of fused-ring (bicyclic) bond motifs is 1. The molecule has 0 spiro atoms. The molecule has 0 unspecified atom stereocenters. The fourth-order valence-electron chi connectivity index (χ4n) is 1.56. The Morgan fingerprint density at radius 2 is 2.31 bits per heavy atom. The van der Waals surface area contributed by atoms with E-state index in [0.717, 1.165) is 30.7 Å². The molecule has 4 heteroatoms. The van der Waals surface area contributed by atoms with Gasteiger partial charge in [0.05, 0.1) is 0 Å². The fraction of sp³-hybridized carbons (Fsp3) is 0.333. The first-order valence-electron chi connectivity index (χ1n) is 5.40. The highest BCUT2D eigenvalue weighted by Gasteiger charge is 2.08. The van der Waals surface area contributed by atoms with Crippen molar-refractivity contribution in [3.8, 4) is 0 Å². The summed E-state index contributed by atoms with van der Waals surface area (Å²) in [7, 11) is 0. The Bertz CT molecular complexity index is 517. The van der Waals surface area contributed by atoms with Crippen molar-refractivity contribution in [1.82, 2.24) is 4.98 Å². The number of oxazole rings is 1. The molecular formula is C12H14N2O2. The molecule has 0 aliphatic rings. The molecule has 84 valence electrons. The van der Waals surface area contributed by atoms with Crippen LogP contribution in [0.1, 0.15) is 36.0 Å². The Morgan fingerprint density at radius 3 is 3.00 bits per heavy atom. The van der Waals surface area contributed by atoms with Gasteiger partial charge in [-0.3, -0.25) is 4.79 Å². The number of aryl methyl sites for hydroxylation is 1. The molecule has 2 aromatic rings. The highest BCUT2D eigenvalue weighted by molar-refractivity contribution is 5.95. The summed E-state index contributed by atoms with van der Waals surface area (Å²) in [6.07, 6.45) is 2.98. The number of hydrogen-bond donors (Lipinski definition) is 1. The van der Waals surface area contributed by atoms with Crippen LogP contribution in [0, 0.1) is 0 Å². The van der Waals surface area contributed by atoms with E-state index in [4.69, 9.17) is 10.2 Å². The minimum atomic E-state index is -0.451. The number of amides is 1. The molecule has 0 saturated heterocycles. The van der Waals surface area contributed by atoms with Crippen molar-refractivity contribution >= 4 is 17.0 Å². The van der Waals surface area contributed by atoms with Crippen molar-refractivity contribution < 1.29 is 9.21 Å². The SMILES string of the molecule is CCCCc1nc2ccc(C(N)=O)cc2o1. The van der Waals surface area contributed by atoms with Crippen molar-refractivity contribution in [1.29, 1.82) is 0 Å². The van der Waals surface area contributed by atoms with Gasteiger partial charge < -0.3 is 10.2 Å². The summed E-state index contributed by atoms with van der Waals surface area (Å²) >= 11 is 0. The van der Waals surface area contributed by atoms with Crippen LogP contribution in [0.4, 0.5) is 0 Å². The van der Waals surface area contributed by atoms with Crippen LogP contribution in [0.2, 0.25) is 0 Å². The predicted molar refractivity (Wildman–Crippen MR) is 61.1 cm³/mol. The van der Waals surface area contributed by atoms with Crippen LogP contribution in [0.3, 0.4) is 0 Å². The zero-order chi connectivity index (χ0) is 11.5. The fourth-order valence-corrected chi connectivity index (χ4v) is 1.56. The van der Waals surface area contributed by atoms with E-state index in [9.17, 15) is 4.79 Å². The van der Waals surface area contributed by atoms with E-state index >= 15 is 0 Å². The first-order chi connectivity index (χ1) is 7.70. The first-order valence-corrected chi connectivity index (χ1v) is 5.40. The van der Waals surface area contributed by atoms with E-state index in [1.165, 1.54) is 0 Å². The topological polar surface area (TPSA) is 69.1 Å². The van der Waals surface area contributed by atoms with Gasteiger partial charge in [0.1, 0.15) is 5.52 Å². The molecule has 0 atom stereocenters. The molecule has 1 heterocycles. The summed E-state index contributed by atoms with van der Waals surface area (Å²) in [5, 5.41) is 0. The molecule has 0 aliphatic heterocycles. The number of nitrogens with zero attached hydrogens (tertiary/aromatic N) is 1. The van der Waals surface area contributed by atoms with Crippen LogP contribution < -0.4 is 5.73 Å². The third kappa shape index (κ3) is 2.05. The summed E-state index contributed by atoms with van der Waals surface area (Å²) in [5.41, 5.74) is 7.04. The van der Waals surface area contributed by atoms with E-state index in [-0.39, 0.29) is 0 Å². The van der Waals surface area contributed by atoms with Gasteiger partial charge in [-0.05, 0) is 24.6 Å². The van der Waals surface area contributed by atoms with Gasteiger partial charge in [-0.2, -0.15) is 0 Å². The number of nitrogens with two attached hydrogens (primary N) is 1. The molecule has 0 fully saturated rings. The molecule has 0 aliphatic carbocycles. The number of hydrogen-bond acceptors (Lipinski definition) is 3. The Kier molecular flexibility index (Phi) is 2.90. The second kappa shape index (κ2) is 4.35. The van der Waals surface area contributed by atoms with Gasteiger partial charge in [-0.1, -0.05) is 13.3 Å². The number of aromatic nitrogens is 1. The summed E-state index contributed by atoms with van der Waals surface area (Å²) in [5.74, 6) is 0.270. The van der Waals surface area contributed by atoms with Gasteiger partial charge in [-0.15, -0.1) is 0 Å². The predicted octanol–water partition coefficient (Wildman–Crippen LogP) is 2.27.